The highest BCUT2D eigenvalue weighted by atomic mass is 32.2. The number of nitrogens with zero attached hydrogens (tertiary/aromatic N) is 3. The minimum absolute atomic E-state index is 0.210. The van der Waals surface area contributed by atoms with Gasteiger partial charge in [0, 0.05) is 37.4 Å². The number of amides is 1. The molecule has 1 N–H and O–H groups in total. The zero-order valence-electron chi connectivity index (χ0n) is 19.0. The van der Waals surface area contributed by atoms with E-state index in [-0.39, 0.29) is 16.8 Å². The molecular formula is C24H30N4O3S. The molecule has 0 spiro atoms. The number of nitrogens with one attached hydrogen (secondary N) is 1. The number of rotatable bonds is 5. The van der Waals surface area contributed by atoms with Crippen LogP contribution in [-0.4, -0.2) is 41.3 Å². The zero-order chi connectivity index (χ0) is 23.0. The summed E-state index contributed by atoms with van der Waals surface area (Å²) in [6.45, 7) is 6.85. The molecule has 1 aliphatic rings. The summed E-state index contributed by atoms with van der Waals surface area (Å²) in [4.78, 5) is 17.7. The van der Waals surface area contributed by atoms with Crippen molar-refractivity contribution >= 4 is 26.8 Å². The number of carbonyl (C=O) groups is 1. The summed E-state index contributed by atoms with van der Waals surface area (Å²) in [7, 11) is -1.91. The molecule has 1 saturated heterocycles. The molecule has 2 aromatic heterocycles. The first kappa shape index (κ1) is 22.5. The van der Waals surface area contributed by atoms with Crippen molar-refractivity contribution in [2.24, 2.45) is 13.0 Å². The van der Waals surface area contributed by atoms with E-state index in [1.807, 2.05) is 37.3 Å². The summed E-state index contributed by atoms with van der Waals surface area (Å²) in [5.41, 5.74) is 2.72. The maximum Gasteiger partial charge on any atom is 0.268 e. The van der Waals surface area contributed by atoms with Crippen LogP contribution in [-0.2, 0) is 17.1 Å². The summed E-state index contributed by atoms with van der Waals surface area (Å²) in [6.07, 6.45) is 3.46. The van der Waals surface area contributed by atoms with Crippen LogP contribution in [0.4, 0.5) is 0 Å². The maximum absolute atomic E-state index is 13.3. The van der Waals surface area contributed by atoms with Gasteiger partial charge < -0.3 is 9.88 Å². The van der Waals surface area contributed by atoms with E-state index in [0.29, 0.717) is 30.4 Å². The third-order valence-electron chi connectivity index (χ3n) is 6.58. The number of hydrogen-bond donors (Lipinski definition) is 1. The fraction of sp³-hybridized carbons (Fsp3) is 0.417. The average molecular weight is 455 g/mol. The van der Waals surface area contributed by atoms with Crippen LogP contribution < -0.4 is 5.32 Å². The monoisotopic (exact) mass is 454 g/mol. The third kappa shape index (κ3) is 4.04. The van der Waals surface area contributed by atoms with Gasteiger partial charge in [-0.05, 0) is 56.4 Å². The Balaban J connectivity index is 1.60. The lowest BCUT2D eigenvalue weighted by atomic mass is 10.0. The van der Waals surface area contributed by atoms with Gasteiger partial charge in [-0.3, -0.25) is 9.78 Å². The summed E-state index contributed by atoms with van der Waals surface area (Å²) in [5.74, 6) is 0.225. The number of pyridine rings is 1. The molecule has 32 heavy (non-hydrogen) atoms. The van der Waals surface area contributed by atoms with Crippen LogP contribution in [0.5, 0.6) is 0 Å². The summed E-state index contributed by atoms with van der Waals surface area (Å²) in [6, 6.07) is 10.9. The lowest BCUT2D eigenvalue weighted by Gasteiger charge is -2.29. The fourth-order valence-corrected chi connectivity index (χ4v) is 6.11. The molecule has 3 aromatic rings. The molecule has 1 amide bonds. The Morgan fingerprint density at radius 1 is 1.19 bits per heavy atom. The molecule has 0 unspecified atom stereocenters. The second-order valence-corrected chi connectivity index (χ2v) is 10.6. The first-order valence-corrected chi connectivity index (χ1v) is 12.4. The highest BCUT2D eigenvalue weighted by molar-refractivity contribution is 7.89. The molecule has 4 rings (SSSR count). The Labute approximate surface area is 189 Å². The van der Waals surface area contributed by atoms with Crippen molar-refractivity contribution in [3.8, 4) is 0 Å². The SMILES string of the molecule is Cc1c(S(=O)(=O)N2CCC(C)CC2)cc(C(=O)N[C@@H](C)c2cccc3ncccc23)n1C. The van der Waals surface area contributed by atoms with Gasteiger partial charge in [0.05, 0.1) is 11.6 Å². The highest BCUT2D eigenvalue weighted by Crippen LogP contribution is 2.28. The molecule has 0 bridgehead atoms. The second-order valence-electron chi connectivity index (χ2n) is 8.74. The van der Waals surface area contributed by atoms with E-state index in [9.17, 15) is 13.2 Å². The van der Waals surface area contributed by atoms with E-state index < -0.39 is 10.0 Å². The number of aromatic nitrogens is 2. The van der Waals surface area contributed by atoms with Crippen molar-refractivity contribution < 1.29 is 13.2 Å². The van der Waals surface area contributed by atoms with Gasteiger partial charge in [-0.15, -0.1) is 0 Å². The Bertz CT molecular complexity index is 1250. The Morgan fingerprint density at radius 2 is 1.91 bits per heavy atom. The molecule has 0 radical (unpaired) electrons. The molecule has 7 nitrogen and oxygen atoms in total. The molecule has 1 aromatic carbocycles. The van der Waals surface area contributed by atoms with Gasteiger partial charge in [-0.1, -0.05) is 25.1 Å². The molecule has 170 valence electrons. The molecule has 1 fully saturated rings. The van der Waals surface area contributed by atoms with Crippen molar-refractivity contribution in [2.45, 2.75) is 44.6 Å². The molecular weight excluding hydrogens is 424 g/mol. The van der Waals surface area contributed by atoms with Crippen molar-refractivity contribution in [3.05, 3.63) is 59.5 Å². The smallest absolute Gasteiger partial charge is 0.268 e. The molecule has 0 aliphatic carbocycles. The van der Waals surface area contributed by atoms with Crippen LogP contribution in [0, 0.1) is 12.8 Å². The number of sulfonamides is 1. The largest absolute Gasteiger partial charge is 0.344 e. The molecule has 3 heterocycles. The van der Waals surface area contributed by atoms with Crippen LogP contribution in [0.15, 0.2) is 47.5 Å². The van der Waals surface area contributed by atoms with Crippen LogP contribution in [0.1, 0.15) is 54.5 Å². The summed E-state index contributed by atoms with van der Waals surface area (Å²) in [5, 5.41) is 4.01. The highest BCUT2D eigenvalue weighted by Gasteiger charge is 2.32. The van der Waals surface area contributed by atoms with Gasteiger partial charge in [0.2, 0.25) is 10.0 Å². The lowest BCUT2D eigenvalue weighted by molar-refractivity contribution is 0.0931. The van der Waals surface area contributed by atoms with Gasteiger partial charge in [-0.25, -0.2) is 8.42 Å². The van der Waals surface area contributed by atoms with Gasteiger partial charge in [-0.2, -0.15) is 4.31 Å². The van der Waals surface area contributed by atoms with Crippen LogP contribution in [0.2, 0.25) is 0 Å². The number of fused-ring (bicyclic) bond motifs is 1. The predicted octanol–water partition coefficient (Wildman–Crippen LogP) is 3.79. The third-order valence-corrected chi connectivity index (χ3v) is 8.59. The topological polar surface area (TPSA) is 84.3 Å². The first-order valence-electron chi connectivity index (χ1n) is 11.0. The second kappa shape index (κ2) is 8.67. The fourth-order valence-electron chi connectivity index (χ4n) is 4.37. The molecule has 1 aliphatic heterocycles. The van der Waals surface area contributed by atoms with E-state index in [0.717, 1.165) is 29.3 Å². The van der Waals surface area contributed by atoms with E-state index in [2.05, 4.69) is 17.2 Å². The van der Waals surface area contributed by atoms with Crippen molar-refractivity contribution in [1.29, 1.82) is 0 Å². The van der Waals surface area contributed by atoms with Crippen LogP contribution in [0.3, 0.4) is 0 Å². The number of hydrogen-bond acceptors (Lipinski definition) is 4. The lowest BCUT2D eigenvalue weighted by Crippen LogP contribution is -2.38. The minimum Gasteiger partial charge on any atom is -0.344 e. The van der Waals surface area contributed by atoms with Gasteiger partial charge >= 0.3 is 0 Å². The van der Waals surface area contributed by atoms with Crippen LogP contribution >= 0.6 is 0 Å². The number of benzene rings is 1. The van der Waals surface area contributed by atoms with E-state index in [1.165, 1.54) is 6.07 Å². The number of carbonyl (C=O) groups excluding carboxylic acids is 1. The molecule has 0 saturated carbocycles. The standard InChI is InChI=1S/C24H30N4O3S/c1-16-10-13-28(14-11-16)32(30,31)23-15-22(27(4)18(23)3)24(29)26-17(2)19-7-5-9-21-20(19)8-6-12-25-21/h5-9,12,15-17H,10-11,13-14H2,1-4H3,(H,26,29)/t17-/m0/s1. The molecule has 1 atom stereocenters. The predicted molar refractivity (Wildman–Crippen MR) is 125 cm³/mol. The van der Waals surface area contributed by atoms with E-state index in [4.69, 9.17) is 0 Å². The Kier molecular flexibility index (Phi) is 6.09. The van der Waals surface area contributed by atoms with Gasteiger partial charge in [0.25, 0.3) is 5.91 Å². The first-order chi connectivity index (χ1) is 15.2. The molecule has 8 heteroatoms. The van der Waals surface area contributed by atoms with Gasteiger partial charge in [0.1, 0.15) is 10.6 Å². The van der Waals surface area contributed by atoms with Crippen molar-refractivity contribution in [3.63, 3.8) is 0 Å². The average Bonchev–Trinajstić information content (AvgIpc) is 3.09. The quantitative estimate of drug-likeness (QED) is 0.636. The summed E-state index contributed by atoms with van der Waals surface area (Å²) >= 11 is 0. The number of piperidine rings is 1. The Morgan fingerprint density at radius 3 is 2.62 bits per heavy atom. The normalized spacial score (nSPS) is 16.9. The van der Waals surface area contributed by atoms with E-state index in [1.54, 1.807) is 29.0 Å². The van der Waals surface area contributed by atoms with Gasteiger partial charge in [0.15, 0.2) is 0 Å². The Hall–Kier alpha value is -2.71. The zero-order valence-corrected chi connectivity index (χ0v) is 19.8. The maximum atomic E-state index is 13.3. The van der Waals surface area contributed by atoms with Crippen molar-refractivity contribution in [1.82, 2.24) is 19.2 Å². The minimum atomic E-state index is -3.64. The van der Waals surface area contributed by atoms with Crippen LogP contribution in [0.25, 0.3) is 10.9 Å². The van der Waals surface area contributed by atoms with E-state index >= 15 is 0 Å². The van der Waals surface area contributed by atoms with Crippen molar-refractivity contribution in [2.75, 3.05) is 13.1 Å². The summed E-state index contributed by atoms with van der Waals surface area (Å²) < 4.78 is 29.7.